The Bertz CT molecular complexity index is 411. The van der Waals surface area contributed by atoms with Crippen molar-refractivity contribution in [2.24, 2.45) is 5.73 Å². The van der Waals surface area contributed by atoms with Crippen LogP contribution in [0, 0.1) is 0 Å². The average Bonchev–Trinajstić information content (AvgIpc) is 2.78. The number of carbonyl (C=O) groups excluding carboxylic acids is 1. The molecule has 1 heterocycles. The molecule has 1 fully saturated rings. The molecule has 0 saturated carbocycles. The van der Waals surface area contributed by atoms with E-state index in [2.05, 4.69) is 0 Å². The molecule has 1 saturated heterocycles. The second-order valence-corrected chi connectivity index (χ2v) is 4.41. The Morgan fingerprint density at radius 2 is 2.41 bits per heavy atom. The topological polar surface area (TPSA) is 61.5 Å². The summed E-state index contributed by atoms with van der Waals surface area (Å²) in [6.07, 6.45) is 0.937. The van der Waals surface area contributed by atoms with Crippen LogP contribution >= 0.6 is 0 Å². The molecule has 17 heavy (non-hydrogen) atoms. The third-order valence-corrected chi connectivity index (χ3v) is 3.11. The fourth-order valence-electron chi connectivity index (χ4n) is 1.94. The number of ketones is 1. The van der Waals surface area contributed by atoms with Crippen LogP contribution < -0.4 is 10.5 Å². The molecule has 92 valence electrons. The number of hydrogen-bond donors (Lipinski definition) is 1. The Kier molecular flexibility index (Phi) is 3.45. The number of rotatable bonds is 4. The van der Waals surface area contributed by atoms with E-state index in [4.69, 9.17) is 15.2 Å². The predicted octanol–water partition coefficient (Wildman–Crippen LogP) is 0.925. The molecular weight excluding hydrogens is 218 g/mol. The second-order valence-electron chi connectivity index (χ2n) is 4.41. The quantitative estimate of drug-likeness (QED) is 0.843. The highest BCUT2D eigenvalue weighted by Gasteiger charge is 2.37. The van der Waals surface area contributed by atoms with Gasteiger partial charge in [0.25, 0.3) is 0 Å². The van der Waals surface area contributed by atoms with Crippen molar-refractivity contribution in [1.29, 1.82) is 0 Å². The van der Waals surface area contributed by atoms with Gasteiger partial charge in [-0.05, 0) is 24.1 Å². The number of Topliss-reactive ketones (excluding diaryl/α,β-unsaturated/α-hetero) is 1. The lowest BCUT2D eigenvalue weighted by Crippen LogP contribution is -2.49. The summed E-state index contributed by atoms with van der Waals surface area (Å²) < 4.78 is 10.3. The van der Waals surface area contributed by atoms with Gasteiger partial charge in [0.1, 0.15) is 11.3 Å². The van der Waals surface area contributed by atoms with Crippen LogP contribution in [0.3, 0.4) is 0 Å². The second kappa shape index (κ2) is 4.85. The lowest BCUT2D eigenvalue weighted by Gasteiger charge is -2.19. The zero-order chi connectivity index (χ0) is 12.3. The fourth-order valence-corrected chi connectivity index (χ4v) is 1.94. The molecule has 1 aromatic rings. The maximum absolute atomic E-state index is 12.1. The van der Waals surface area contributed by atoms with Crippen LogP contribution in [-0.2, 0) is 16.0 Å². The molecule has 2 rings (SSSR count). The lowest BCUT2D eigenvalue weighted by atomic mass is 9.90. The Hall–Kier alpha value is -1.39. The van der Waals surface area contributed by atoms with E-state index < -0.39 is 5.54 Å². The van der Waals surface area contributed by atoms with Gasteiger partial charge in [-0.25, -0.2) is 0 Å². The van der Waals surface area contributed by atoms with Gasteiger partial charge in [0, 0.05) is 13.0 Å². The van der Waals surface area contributed by atoms with Crippen LogP contribution in [0.15, 0.2) is 24.3 Å². The van der Waals surface area contributed by atoms with Crippen LogP contribution in [0.2, 0.25) is 0 Å². The van der Waals surface area contributed by atoms with E-state index in [1.54, 1.807) is 7.11 Å². The van der Waals surface area contributed by atoms with Crippen molar-refractivity contribution >= 4 is 5.78 Å². The highest BCUT2D eigenvalue weighted by molar-refractivity contribution is 5.90. The van der Waals surface area contributed by atoms with Gasteiger partial charge in [-0.15, -0.1) is 0 Å². The minimum atomic E-state index is -0.803. The standard InChI is InChI=1S/C13H17NO3/c1-16-11-4-2-3-10(7-11)8-12(15)13(14)5-6-17-9-13/h2-4,7H,5-6,8-9,14H2,1H3. The first-order valence-corrected chi connectivity index (χ1v) is 5.67. The lowest BCUT2D eigenvalue weighted by molar-refractivity contribution is -0.123. The SMILES string of the molecule is COc1cccc(CC(=O)C2(N)CCOC2)c1. The summed E-state index contributed by atoms with van der Waals surface area (Å²) >= 11 is 0. The van der Waals surface area contributed by atoms with E-state index in [0.29, 0.717) is 26.1 Å². The number of ether oxygens (including phenoxy) is 2. The van der Waals surface area contributed by atoms with E-state index in [1.165, 1.54) is 0 Å². The zero-order valence-corrected chi connectivity index (χ0v) is 9.94. The van der Waals surface area contributed by atoms with Crippen molar-refractivity contribution in [3.05, 3.63) is 29.8 Å². The summed E-state index contributed by atoms with van der Waals surface area (Å²) in [5.74, 6) is 0.785. The number of carbonyl (C=O) groups is 1. The first kappa shape index (κ1) is 12.1. The van der Waals surface area contributed by atoms with Gasteiger partial charge in [0.05, 0.1) is 13.7 Å². The van der Waals surface area contributed by atoms with E-state index in [1.807, 2.05) is 24.3 Å². The Balaban J connectivity index is 2.07. The highest BCUT2D eigenvalue weighted by atomic mass is 16.5. The van der Waals surface area contributed by atoms with Crippen molar-refractivity contribution in [3.8, 4) is 5.75 Å². The van der Waals surface area contributed by atoms with Gasteiger partial charge in [-0.1, -0.05) is 12.1 Å². The number of methoxy groups -OCH3 is 1. The Labute approximate surface area is 101 Å². The Morgan fingerprint density at radius 3 is 3.06 bits per heavy atom. The monoisotopic (exact) mass is 235 g/mol. The van der Waals surface area contributed by atoms with Crippen molar-refractivity contribution in [3.63, 3.8) is 0 Å². The molecule has 0 radical (unpaired) electrons. The number of hydrogen-bond acceptors (Lipinski definition) is 4. The zero-order valence-electron chi connectivity index (χ0n) is 9.94. The summed E-state index contributed by atoms with van der Waals surface area (Å²) in [5.41, 5.74) is 6.13. The maximum Gasteiger partial charge on any atom is 0.159 e. The third-order valence-electron chi connectivity index (χ3n) is 3.11. The smallest absolute Gasteiger partial charge is 0.159 e. The summed E-state index contributed by atoms with van der Waals surface area (Å²) in [5, 5.41) is 0. The fraction of sp³-hybridized carbons (Fsp3) is 0.462. The maximum atomic E-state index is 12.1. The van der Waals surface area contributed by atoms with Gasteiger partial charge >= 0.3 is 0 Å². The van der Waals surface area contributed by atoms with Crippen molar-refractivity contribution in [2.45, 2.75) is 18.4 Å². The normalized spacial score (nSPS) is 23.6. The van der Waals surface area contributed by atoms with Crippen LogP contribution in [0.5, 0.6) is 5.75 Å². The largest absolute Gasteiger partial charge is 0.497 e. The molecule has 0 bridgehead atoms. The predicted molar refractivity (Wildman–Crippen MR) is 64.1 cm³/mol. The van der Waals surface area contributed by atoms with Crippen LogP contribution in [0.25, 0.3) is 0 Å². The molecule has 1 unspecified atom stereocenters. The summed E-state index contributed by atoms with van der Waals surface area (Å²) in [7, 11) is 1.61. The summed E-state index contributed by atoms with van der Waals surface area (Å²) in [4.78, 5) is 12.1. The van der Waals surface area contributed by atoms with E-state index in [9.17, 15) is 4.79 Å². The highest BCUT2D eigenvalue weighted by Crippen LogP contribution is 2.20. The van der Waals surface area contributed by atoms with E-state index in [-0.39, 0.29) is 5.78 Å². The molecule has 1 atom stereocenters. The molecule has 2 N–H and O–H groups in total. The molecule has 0 amide bonds. The first-order chi connectivity index (χ1) is 8.14. The first-order valence-electron chi connectivity index (χ1n) is 5.67. The molecular formula is C13H17NO3. The van der Waals surface area contributed by atoms with E-state index in [0.717, 1.165) is 11.3 Å². The minimum absolute atomic E-state index is 0.0308. The number of benzene rings is 1. The van der Waals surface area contributed by atoms with Crippen molar-refractivity contribution in [2.75, 3.05) is 20.3 Å². The summed E-state index contributed by atoms with van der Waals surface area (Å²) in [6.45, 7) is 0.899. The molecule has 0 aromatic heterocycles. The molecule has 0 aliphatic carbocycles. The summed E-state index contributed by atoms with van der Waals surface area (Å²) in [6, 6.07) is 7.48. The van der Waals surface area contributed by atoms with Gasteiger partial charge in [0.15, 0.2) is 5.78 Å². The molecule has 1 aliphatic heterocycles. The molecule has 1 aromatic carbocycles. The Morgan fingerprint density at radius 1 is 1.59 bits per heavy atom. The van der Waals surface area contributed by atoms with Gasteiger partial charge in [-0.2, -0.15) is 0 Å². The average molecular weight is 235 g/mol. The van der Waals surface area contributed by atoms with Gasteiger partial charge in [0.2, 0.25) is 0 Å². The number of nitrogens with two attached hydrogens (primary N) is 1. The van der Waals surface area contributed by atoms with Crippen LogP contribution in [0.4, 0.5) is 0 Å². The molecule has 4 nitrogen and oxygen atoms in total. The molecule has 4 heteroatoms. The van der Waals surface area contributed by atoms with Crippen LogP contribution in [-0.4, -0.2) is 31.6 Å². The van der Waals surface area contributed by atoms with Crippen LogP contribution in [0.1, 0.15) is 12.0 Å². The molecule has 1 aliphatic rings. The molecule has 0 spiro atoms. The third kappa shape index (κ3) is 2.65. The van der Waals surface area contributed by atoms with Gasteiger partial charge in [-0.3, -0.25) is 4.79 Å². The van der Waals surface area contributed by atoms with Gasteiger partial charge < -0.3 is 15.2 Å². The van der Waals surface area contributed by atoms with E-state index >= 15 is 0 Å². The van der Waals surface area contributed by atoms with Crippen molar-refractivity contribution in [1.82, 2.24) is 0 Å². The minimum Gasteiger partial charge on any atom is -0.497 e. The van der Waals surface area contributed by atoms with Crippen molar-refractivity contribution < 1.29 is 14.3 Å².